The average molecular weight is 331 g/mol. The molecule has 0 aliphatic carbocycles. The molecule has 0 radical (unpaired) electrons. The molecule has 24 heavy (non-hydrogen) atoms. The summed E-state index contributed by atoms with van der Waals surface area (Å²) in [6, 6.07) is 0.318. The Balaban J connectivity index is 1.63. The Labute approximate surface area is 143 Å². The number of aromatic nitrogens is 4. The minimum absolute atomic E-state index is 0.262. The topological polar surface area (TPSA) is 70.0 Å². The van der Waals surface area contributed by atoms with Crippen molar-refractivity contribution in [1.29, 1.82) is 0 Å². The summed E-state index contributed by atoms with van der Waals surface area (Å²) in [7, 11) is 0. The smallest absolute Gasteiger partial charge is 0.158 e. The zero-order valence-corrected chi connectivity index (χ0v) is 14.6. The van der Waals surface area contributed by atoms with Crippen molar-refractivity contribution in [3.05, 3.63) is 24.4 Å². The molecule has 0 saturated carbocycles. The van der Waals surface area contributed by atoms with Crippen LogP contribution in [0.2, 0.25) is 0 Å². The Morgan fingerprint density at radius 1 is 1.29 bits per heavy atom. The van der Waals surface area contributed by atoms with Gasteiger partial charge in [-0.3, -0.25) is 4.90 Å². The van der Waals surface area contributed by atoms with Gasteiger partial charge < -0.3 is 14.7 Å². The lowest BCUT2D eigenvalue weighted by Gasteiger charge is -2.34. The number of aliphatic hydroxyl groups is 1. The first-order chi connectivity index (χ1) is 11.8. The van der Waals surface area contributed by atoms with Gasteiger partial charge in [0.2, 0.25) is 0 Å². The Morgan fingerprint density at radius 3 is 3.04 bits per heavy atom. The lowest BCUT2D eigenvalue weighted by Crippen LogP contribution is -2.43. The minimum atomic E-state index is 0.262. The van der Waals surface area contributed by atoms with Gasteiger partial charge >= 0.3 is 0 Å². The molecule has 2 N–H and O–H groups in total. The van der Waals surface area contributed by atoms with Gasteiger partial charge in [0.05, 0.1) is 12.8 Å². The lowest BCUT2D eigenvalue weighted by atomic mass is 10.0. The molecule has 2 aromatic heterocycles. The molecule has 132 valence electrons. The van der Waals surface area contributed by atoms with Crippen LogP contribution in [0.25, 0.3) is 11.5 Å². The van der Waals surface area contributed by atoms with Crippen molar-refractivity contribution < 1.29 is 5.11 Å². The number of nitrogens with zero attached hydrogens (tertiary/aromatic N) is 4. The Kier molecular flexibility index (Phi) is 6.04. The van der Waals surface area contributed by atoms with Crippen LogP contribution in [0.5, 0.6) is 0 Å². The molecular weight excluding hydrogens is 302 g/mol. The molecule has 1 atom stereocenters. The molecule has 0 amide bonds. The van der Waals surface area contributed by atoms with Crippen molar-refractivity contribution in [2.45, 2.75) is 58.0 Å². The highest BCUT2D eigenvalue weighted by molar-refractivity contribution is 5.48. The highest BCUT2D eigenvalue weighted by Gasteiger charge is 2.21. The van der Waals surface area contributed by atoms with Crippen molar-refractivity contribution in [1.82, 2.24) is 24.4 Å². The highest BCUT2D eigenvalue weighted by atomic mass is 16.3. The van der Waals surface area contributed by atoms with Gasteiger partial charge in [0, 0.05) is 37.9 Å². The second kappa shape index (κ2) is 8.44. The van der Waals surface area contributed by atoms with Crippen molar-refractivity contribution >= 4 is 0 Å². The molecule has 0 aromatic carbocycles. The molecular formula is C18H29N5O. The number of imidazole rings is 2. The summed E-state index contributed by atoms with van der Waals surface area (Å²) in [6.07, 6.45) is 12.6. The molecule has 1 unspecified atom stereocenters. The first kappa shape index (κ1) is 17.2. The quantitative estimate of drug-likeness (QED) is 0.779. The standard InChI is InChI=1S/C18H29N5O/c1-2-3-7-17-20-13-16(21-17)18-19-8-10-23(18)12-11-22-9-5-4-6-15(22)14-24/h8,10,13,15,24H,2-7,9,11-12,14H2,1H3,(H,20,21). The summed E-state index contributed by atoms with van der Waals surface area (Å²) in [6.45, 7) is 5.37. The van der Waals surface area contributed by atoms with Crippen molar-refractivity contribution in [2.24, 2.45) is 0 Å². The first-order valence-corrected chi connectivity index (χ1v) is 9.22. The predicted octanol–water partition coefficient (Wildman–Crippen LogP) is 2.46. The molecule has 3 rings (SSSR count). The molecule has 3 heterocycles. The Bertz CT molecular complexity index is 620. The molecule has 1 aliphatic heterocycles. The number of aliphatic hydroxyl groups excluding tert-OH is 1. The van der Waals surface area contributed by atoms with Gasteiger partial charge in [0.15, 0.2) is 5.82 Å². The van der Waals surface area contributed by atoms with Crippen LogP contribution in [-0.4, -0.2) is 55.3 Å². The summed E-state index contributed by atoms with van der Waals surface area (Å²) >= 11 is 0. The molecule has 1 saturated heterocycles. The number of likely N-dealkylation sites (tertiary alicyclic amines) is 1. The van der Waals surface area contributed by atoms with Crippen LogP contribution in [0.3, 0.4) is 0 Å². The fourth-order valence-corrected chi connectivity index (χ4v) is 3.48. The van der Waals surface area contributed by atoms with Crippen LogP contribution in [0.15, 0.2) is 18.6 Å². The summed E-state index contributed by atoms with van der Waals surface area (Å²) in [5, 5.41) is 9.55. The lowest BCUT2D eigenvalue weighted by molar-refractivity contribution is 0.0873. The van der Waals surface area contributed by atoms with E-state index in [4.69, 9.17) is 0 Å². The van der Waals surface area contributed by atoms with E-state index in [1.807, 2.05) is 18.6 Å². The monoisotopic (exact) mass is 331 g/mol. The maximum atomic E-state index is 9.55. The number of unbranched alkanes of at least 4 members (excludes halogenated alkanes) is 1. The number of H-pyrrole nitrogens is 1. The van der Waals surface area contributed by atoms with Crippen molar-refractivity contribution in [3.8, 4) is 11.5 Å². The number of hydrogen-bond acceptors (Lipinski definition) is 4. The molecule has 1 aliphatic rings. The van der Waals surface area contributed by atoms with E-state index < -0.39 is 0 Å². The fraction of sp³-hybridized carbons (Fsp3) is 0.667. The largest absolute Gasteiger partial charge is 0.395 e. The van der Waals surface area contributed by atoms with E-state index in [9.17, 15) is 5.11 Å². The van der Waals surface area contributed by atoms with Gasteiger partial charge in [-0.15, -0.1) is 0 Å². The van der Waals surface area contributed by atoms with E-state index in [-0.39, 0.29) is 6.61 Å². The van der Waals surface area contributed by atoms with Gasteiger partial charge in [-0.2, -0.15) is 0 Å². The van der Waals surface area contributed by atoms with Crippen LogP contribution < -0.4 is 0 Å². The highest BCUT2D eigenvalue weighted by Crippen LogP contribution is 2.19. The maximum absolute atomic E-state index is 9.55. The third-order valence-electron chi connectivity index (χ3n) is 4.94. The summed E-state index contributed by atoms with van der Waals surface area (Å²) < 4.78 is 2.18. The van der Waals surface area contributed by atoms with Gasteiger partial charge in [-0.1, -0.05) is 19.8 Å². The zero-order chi connectivity index (χ0) is 16.8. The fourth-order valence-electron chi connectivity index (χ4n) is 3.48. The van der Waals surface area contributed by atoms with Crippen molar-refractivity contribution in [2.75, 3.05) is 19.7 Å². The third kappa shape index (κ3) is 4.05. The number of nitrogens with one attached hydrogen (secondary N) is 1. The number of piperidine rings is 1. The average Bonchev–Trinajstić information content (AvgIpc) is 3.27. The molecule has 2 aromatic rings. The summed E-state index contributed by atoms with van der Waals surface area (Å²) in [5.74, 6) is 1.99. The molecule has 1 fully saturated rings. The number of aromatic amines is 1. The van der Waals surface area contributed by atoms with E-state index >= 15 is 0 Å². The molecule has 0 spiro atoms. The minimum Gasteiger partial charge on any atom is -0.395 e. The van der Waals surface area contributed by atoms with E-state index in [2.05, 4.69) is 31.3 Å². The molecule has 6 heteroatoms. The Morgan fingerprint density at radius 2 is 2.21 bits per heavy atom. The second-order valence-electron chi connectivity index (χ2n) is 6.66. The van der Waals surface area contributed by atoms with E-state index in [1.54, 1.807) is 0 Å². The van der Waals surface area contributed by atoms with E-state index in [1.165, 1.54) is 19.3 Å². The van der Waals surface area contributed by atoms with Crippen LogP contribution in [-0.2, 0) is 13.0 Å². The number of hydrogen-bond donors (Lipinski definition) is 2. The molecule has 6 nitrogen and oxygen atoms in total. The van der Waals surface area contributed by atoms with Crippen LogP contribution >= 0.6 is 0 Å². The molecule has 0 bridgehead atoms. The van der Waals surface area contributed by atoms with Gasteiger partial charge in [0.25, 0.3) is 0 Å². The summed E-state index contributed by atoms with van der Waals surface area (Å²) in [4.78, 5) is 14.8. The zero-order valence-electron chi connectivity index (χ0n) is 14.6. The second-order valence-corrected chi connectivity index (χ2v) is 6.66. The van der Waals surface area contributed by atoms with Crippen LogP contribution in [0.1, 0.15) is 44.9 Å². The Hall–Kier alpha value is -1.66. The van der Waals surface area contributed by atoms with E-state index in [0.717, 1.165) is 56.2 Å². The number of aryl methyl sites for hydroxylation is 1. The van der Waals surface area contributed by atoms with E-state index in [0.29, 0.717) is 6.04 Å². The van der Waals surface area contributed by atoms with Crippen LogP contribution in [0, 0.1) is 0 Å². The third-order valence-corrected chi connectivity index (χ3v) is 4.94. The first-order valence-electron chi connectivity index (χ1n) is 9.22. The van der Waals surface area contributed by atoms with Gasteiger partial charge in [-0.25, -0.2) is 9.97 Å². The predicted molar refractivity (Wildman–Crippen MR) is 94.7 cm³/mol. The van der Waals surface area contributed by atoms with Gasteiger partial charge in [-0.05, 0) is 25.8 Å². The summed E-state index contributed by atoms with van der Waals surface area (Å²) in [5.41, 5.74) is 0.989. The number of rotatable bonds is 8. The normalized spacial score (nSPS) is 19.0. The van der Waals surface area contributed by atoms with Crippen LogP contribution in [0.4, 0.5) is 0 Å². The van der Waals surface area contributed by atoms with Crippen molar-refractivity contribution in [3.63, 3.8) is 0 Å². The SMILES string of the molecule is CCCCc1ncc(-c2nccn2CCN2CCCCC2CO)[nH]1. The maximum Gasteiger partial charge on any atom is 0.158 e. The van der Waals surface area contributed by atoms with Gasteiger partial charge in [0.1, 0.15) is 11.5 Å².